The number of ether oxygens (including phenoxy) is 1. The molecule has 1 aromatic carbocycles. The predicted octanol–water partition coefficient (Wildman–Crippen LogP) is 2.00. The first-order valence-electron chi connectivity index (χ1n) is 6.50. The van der Waals surface area contributed by atoms with Crippen LogP contribution in [0.5, 0.6) is 5.75 Å². The average Bonchev–Trinajstić information content (AvgIpc) is 2.85. The highest BCUT2D eigenvalue weighted by Gasteiger charge is 2.21. The molecule has 0 saturated carbocycles. The number of amides is 1. The summed E-state index contributed by atoms with van der Waals surface area (Å²) >= 11 is 3.45. The van der Waals surface area contributed by atoms with E-state index in [2.05, 4.69) is 26.6 Å². The second kappa shape index (κ2) is 6.39. The molecule has 2 N–H and O–H groups in total. The highest BCUT2D eigenvalue weighted by molar-refractivity contribution is 9.10. The van der Waals surface area contributed by atoms with Gasteiger partial charge in [0.2, 0.25) is 0 Å². The zero-order valence-electron chi connectivity index (χ0n) is 11.2. The maximum absolute atomic E-state index is 12.0. The first-order valence-corrected chi connectivity index (χ1v) is 7.29. The number of carbonyl (C=O) groups excluding carboxylic acids is 1. The Labute approximate surface area is 122 Å². The van der Waals surface area contributed by atoms with E-state index >= 15 is 0 Å². The first kappa shape index (κ1) is 14.3. The summed E-state index contributed by atoms with van der Waals surface area (Å²) in [6.07, 6.45) is 0.478. The highest BCUT2D eigenvalue weighted by Crippen LogP contribution is 2.26. The molecule has 0 aliphatic carbocycles. The molecule has 0 bridgehead atoms. The molecule has 2 unspecified atom stereocenters. The van der Waals surface area contributed by atoms with Crippen LogP contribution in [0.25, 0.3) is 0 Å². The number of aryl methyl sites for hydroxylation is 1. The molecule has 1 fully saturated rings. The number of benzene rings is 1. The first-order chi connectivity index (χ1) is 9.06. The van der Waals surface area contributed by atoms with E-state index in [1.807, 2.05) is 25.1 Å². The van der Waals surface area contributed by atoms with Crippen LogP contribution in [0.15, 0.2) is 22.7 Å². The van der Waals surface area contributed by atoms with E-state index in [0.29, 0.717) is 5.75 Å². The Hall–Kier alpha value is -1.07. The fraction of sp³-hybridized carbons (Fsp3) is 0.500. The summed E-state index contributed by atoms with van der Waals surface area (Å²) in [4.78, 5) is 12.0. The second-order valence-corrected chi connectivity index (χ2v) is 5.75. The molecule has 0 spiro atoms. The zero-order valence-corrected chi connectivity index (χ0v) is 12.8. The van der Waals surface area contributed by atoms with Crippen LogP contribution < -0.4 is 15.4 Å². The van der Waals surface area contributed by atoms with Crippen LogP contribution in [0, 0.1) is 6.92 Å². The lowest BCUT2D eigenvalue weighted by molar-refractivity contribution is -0.127. The van der Waals surface area contributed by atoms with Gasteiger partial charge < -0.3 is 15.4 Å². The summed E-state index contributed by atoms with van der Waals surface area (Å²) in [7, 11) is 0. The zero-order chi connectivity index (χ0) is 13.8. The van der Waals surface area contributed by atoms with Crippen molar-refractivity contribution in [3.63, 3.8) is 0 Å². The topological polar surface area (TPSA) is 50.4 Å². The largest absolute Gasteiger partial charge is 0.480 e. The minimum absolute atomic E-state index is 0.0684. The molecule has 4 nitrogen and oxygen atoms in total. The van der Waals surface area contributed by atoms with Gasteiger partial charge in [-0.15, -0.1) is 0 Å². The second-order valence-electron chi connectivity index (χ2n) is 4.89. The summed E-state index contributed by atoms with van der Waals surface area (Å²) in [5.74, 6) is 0.624. The van der Waals surface area contributed by atoms with Gasteiger partial charge in [-0.1, -0.05) is 6.07 Å². The van der Waals surface area contributed by atoms with Crippen molar-refractivity contribution in [2.75, 3.05) is 13.1 Å². The molecule has 1 aliphatic rings. The van der Waals surface area contributed by atoms with Gasteiger partial charge in [0.25, 0.3) is 5.91 Å². The summed E-state index contributed by atoms with van der Waals surface area (Å²) in [5, 5.41) is 6.21. The monoisotopic (exact) mass is 326 g/mol. The molecule has 1 aromatic rings. The molecule has 1 heterocycles. The quantitative estimate of drug-likeness (QED) is 0.889. The van der Waals surface area contributed by atoms with Crippen molar-refractivity contribution in [1.82, 2.24) is 10.6 Å². The van der Waals surface area contributed by atoms with Crippen molar-refractivity contribution in [3.05, 3.63) is 28.2 Å². The van der Waals surface area contributed by atoms with Crippen molar-refractivity contribution in [2.45, 2.75) is 32.4 Å². The van der Waals surface area contributed by atoms with Crippen LogP contribution >= 0.6 is 15.9 Å². The maximum Gasteiger partial charge on any atom is 0.261 e. The van der Waals surface area contributed by atoms with E-state index < -0.39 is 6.10 Å². The Balaban J connectivity index is 1.92. The molecule has 1 saturated heterocycles. The van der Waals surface area contributed by atoms with Crippen LogP contribution in [-0.2, 0) is 4.79 Å². The Bertz CT molecular complexity index is 459. The minimum atomic E-state index is -0.500. The number of hydrogen-bond acceptors (Lipinski definition) is 3. The van der Waals surface area contributed by atoms with Gasteiger partial charge >= 0.3 is 0 Å². The van der Waals surface area contributed by atoms with Crippen molar-refractivity contribution in [1.29, 1.82) is 0 Å². The Kier molecular flexibility index (Phi) is 4.82. The van der Waals surface area contributed by atoms with Crippen molar-refractivity contribution in [3.8, 4) is 5.75 Å². The van der Waals surface area contributed by atoms with Crippen molar-refractivity contribution < 1.29 is 9.53 Å². The van der Waals surface area contributed by atoms with Crippen molar-refractivity contribution >= 4 is 21.8 Å². The summed E-state index contributed by atoms with van der Waals surface area (Å²) < 4.78 is 6.56. The average molecular weight is 327 g/mol. The molecule has 2 atom stereocenters. The van der Waals surface area contributed by atoms with Gasteiger partial charge in [0, 0.05) is 12.6 Å². The Morgan fingerprint density at radius 1 is 1.58 bits per heavy atom. The third kappa shape index (κ3) is 3.94. The SMILES string of the molecule is Cc1ccc(OC(C)C(=O)NC2CCNC2)c(Br)c1. The molecular weight excluding hydrogens is 308 g/mol. The number of nitrogens with one attached hydrogen (secondary N) is 2. The lowest BCUT2D eigenvalue weighted by atomic mass is 10.2. The fourth-order valence-electron chi connectivity index (χ4n) is 2.04. The number of hydrogen-bond donors (Lipinski definition) is 2. The number of carbonyl (C=O) groups is 1. The predicted molar refractivity (Wildman–Crippen MR) is 78.4 cm³/mol. The Morgan fingerprint density at radius 2 is 2.37 bits per heavy atom. The summed E-state index contributed by atoms with van der Waals surface area (Å²) in [6.45, 7) is 5.58. The van der Waals surface area contributed by atoms with Gasteiger partial charge in [0.1, 0.15) is 5.75 Å². The van der Waals surface area contributed by atoms with Crippen LogP contribution in [0.3, 0.4) is 0 Å². The molecule has 5 heteroatoms. The minimum Gasteiger partial charge on any atom is -0.480 e. The van der Waals surface area contributed by atoms with Crippen LogP contribution in [0.1, 0.15) is 18.9 Å². The van der Waals surface area contributed by atoms with Crippen LogP contribution in [0.4, 0.5) is 0 Å². The van der Waals surface area contributed by atoms with E-state index in [4.69, 9.17) is 4.74 Å². The van der Waals surface area contributed by atoms with Gasteiger partial charge in [-0.3, -0.25) is 4.79 Å². The molecule has 2 rings (SSSR count). The lowest BCUT2D eigenvalue weighted by Gasteiger charge is -2.18. The number of rotatable bonds is 4. The maximum atomic E-state index is 12.0. The number of halogens is 1. The third-order valence-electron chi connectivity index (χ3n) is 3.17. The van der Waals surface area contributed by atoms with Gasteiger partial charge in [0.15, 0.2) is 6.10 Å². The smallest absolute Gasteiger partial charge is 0.261 e. The van der Waals surface area contributed by atoms with Gasteiger partial charge in [-0.2, -0.15) is 0 Å². The molecule has 1 aliphatic heterocycles. The van der Waals surface area contributed by atoms with Crippen molar-refractivity contribution in [2.24, 2.45) is 0 Å². The fourth-order valence-corrected chi connectivity index (χ4v) is 2.63. The van der Waals surface area contributed by atoms with E-state index in [9.17, 15) is 4.79 Å². The van der Waals surface area contributed by atoms with Crippen LogP contribution in [0.2, 0.25) is 0 Å². The van der Waals surface area contributed by atoms with Gasteiger partial charge in [-0.05, 0) is 60.4 Å². The molecular formula is C14H19BrN2O2. The molecule has 1 amide bonds. The standard InChI is InChI=1S/C14H19BrN2O2/c1-9-3-4-13(12(15)7-9)19-10(2)14(18)17-11-5-6-16-8-11/h3-4,7,10-11,16H,5-6,8H2,1-2H3,(H,17,18). The normalized spacial score (nSPS) is 20.1. The Morgan fingerprint density at radius 3 is 3.00 bits per heavy atom. The third-order valence-corrected chi connectivity index (χ3v) is 3.79. The van der Waals surface area contributed by atoms with Crippen LogP contribution in [-0.4, -0.2) is 31.1 Å². The summed E-state index contributed by atoms with van der Waals surface area (Å²) in [5.41, 5.74) is 1.15. The van der Waals surface area contributed by atoms with E-state index in [-0.39, 0.29) is 11.9 Å². The molecule has 19 heavy (non-hydrogen) atoms. The lowest BCUT2D eigenvalue weighted by Crippen LogP contribution is -2.43. The van der Waals surface area contributed by atoms with Gasteiger partial charge in [0.05, 0.1) is 4.47 Å². The van der Waals surface area contributed by atoms with Gasteiger partial charge in [-0.25, -0.2) is 0 Å². The highest BCUT2D eigenvalue weighted by atomic mass is 79.9. The van der Waals surface area contributed by atoms with E-state index in [0.717, 1.165) is 29.5 Å². The molecule has 0 aromatic heterocycles. The van der Waals surface area contributed by atoms with E-state index in [1.165, 1.54) is 0 Å². The molecule has 104 valence electrons. The molecule has 0 radical (unpaired) electrons. The van der Waals surface area contributed by atoms with E-state index in [1.54, 1.807) is 6.92 Å². The summed E-state index contributed by atoms with van der Waals surface area (Å²) in [6, 6.07) is 6.03.